The Hall–Kier alpha value is -2.80. The van der Waals surface area contributed by atoms with Gasteiger partial charge in [-0.05, 0) is 69.2 Å². The lowest BCUT2D eigenvalue weighted by molar-refractivity contribution is 0.340. The number of rotatable bonds is 6. The zero-order chi connectivity index (χ0) is 20.5. The Morgan fingerprint density at radius 2 is 1.75 bits per heavy atom. The molecule has 6 nitrogen and oxygen atoms in total. The van der Waals surface area contributed by atoms with E-state index in [2.05, 4.69) is 5.16 Å². The molecule has 0 spiro atoms. The summed E-state index contributed by atoms with van der Waals surface area (Å²) in [6.45, 7) is 7.90. The van der Waals surface area contributed by atoms with Crippen molar-refractivity contribution in [2.45, 2.75) is 32.6 Å². The molecule has 28 heavy (non-hydrogen) atoms. The van der Waals surface area contributed by atoms with Crippen LogP contribution in [0.1, 0.15) is 23.9 Å². The summed E-state index contributed by atoms with van der Waals surface area (Å²) in [5.74, 6) is 1.36. The maximum atomic E-state index is 13.3. The number of nitrogens with zero attached hydrogens (tertiary/aromatic N) is 2. The second kappa shape index (κ2) is 7.67. The molecule has 0 N–H and O–H groups in total. The molecule has 0 radical (unpaired) electrons. The van der Waals surface area contributed by atoms with E-state index in [1.807, 2.05) is 26.8 Å². The van der Waals surface area contributed by atoms with Crippen molar-refractivity contribution in [1.29, 1.82) is 0 Å². The monoisotopic (exact) mass is 400 g/mol. The summed E-state index contributed by atoms with van der Waals surface area (Å²) in [7, 11) is -2.20. The number of ether oxygens (including phenoxy) is 1. The van der Waals surface area contributed by atoms with E-state index >= 15 is 0 Å². The smallest absolute Gasteiger partial charge is 0.264 e. The van der Waals surface area contributed by atoms with Crippen LogP contribution in [0.3, 0.4) is 0 Å². The molecule has 148 valence electrons. The average Bonchev–Trinajstić information content (AvgIpc) is 3.01. The normalized spacial score (nSPS) is 11.5. The molecular formula is C21H24N2O4S. The van der Waals surface area contributed by atoms with E-state index in [1.165, 1.54) is 4.31 Å². The van der Waals surface area contributed by atoms with Gasteiger partial charge in [0.25, 0.3) is 10.0 Å². The summed E-state index contributed by atoms with van der Waals surface area (Å²) in [5, 5.41) is 3.97. The van der Waals surface area contributed by atoms with Crippen molar-refractivity contribution in [3.63, 3.8) is 0 Å². The molecule has 0 aliphatic rings. The molecule has 0 saturated carbocycles. The summed E-state index contributed by atoms with van der Waals surface area (Å²) in [5.41, 5.74) is 3.55. The number of hydrogen-bond donors (Lipinski definition) is 0. The molecule has 7 heteroatoms. The molecule has 3 aromatic rings. The van der Waals surface area contributed by atoms with Crippen LogP contribution in [0.15, 0.2) is 51.9 Å². The molecule has 2 aromatic carbocycles. The van der Waals surface area contributed by atoms with Gasteiger partial charge in [-0.15, -0.1) is 0 Å². The summed E-state index contributed by atoms with van der Waals surface area (Å²) in [6, 6.07) is 12.4. The fourth-order valence-corrected chi connectivity index (χ4v) is 4.58. The number of hydrogen-bond acceptors (Lipinski definition) is 5. The van der Waals surface area contributed by atoms with Crippen LogP contribution in [0.25, 0.3) is 11.1 Å². The summed E-state index contributed by atoms with van der Waals surface area (Å²) in [6.07, 6.45) is 0. The van der Waals surface area contributed by atoms with Crippen molar-refractivity contribution in [1.82, 2.24) is 5.16 Å². The highest BCUT2D eigenvalue weighted by atomic mass is 32.2. The highest BCUT2D eigenvalue weighted by Crippen LogP contribution is 2.32. The minimum absolute atomic E-state index is 0.251. The minimum atomic E-state index is -3.75. The Bertz CT molecular complexity index is 1070. The van der Waals surface area contributed by atoms with E-state index in [1.54, 1.807) is 50.4 Å². The van der Waals surface area contributed by atoms with Gasteiger partial charge in [-0.3, -0.25) is 4.31 Å². The van der Waals surface area contributed by atoms with Crippen LogP contribution in [0.5, 0.6) is 5.75 Å². The highest BCUT2D eigenvalue weighted by Gasteiger charge is 2.25. The van der Waals surface area contributed by atoms with Crippen molar-refractivity contribution < 1.29 is 17.7 Å². The van der Waals surface area contributed by atoms with Crippen molar-refractivity contribution in [2.24, 2.45) is 0 Å². The zero-order valence-electron chi connectivity index (χ0n) is 16.7. The maximum absolute atomic E-state index is 13.3. The average molecular weight is 401 g/mol. The van der Waals surface area contributed by atoms with Gasteiger partial charge >= 0.3 is 0 Å². The van der Waals surface area contributed by atoms with E-state index in [4.69, 9.17) is 9.26 Å². The summed E-state index contributed by atoms with van der Waals surface area (Å²) in [4.78, 5) is 0.251. The second-order valence-corrected chi connectivity index (χ2v) is 8.52. The van der Waals surface area contributed by atoms with E-state index in [0.29, 0.717) is 29.4 Å². The lowest BCUT2D eigenvalue weighted by Gasteiger charge is -2.21. The Labute approximate surface area is 165 Å². The molecule has 1 aromatic heterocycles. The molecular weight excluding hydrogens is 376 g/mol. The van der Waals surface area contributed by atoms with Crippen molar-refractivity contribution >= 4 is 15.7 Å². The van der Waals surface area contributed by atoms with Crippen LogP contribution < -0.4 is 9.04 Å². The fraction of sp³-hybridized carbons (Fsp3) is 0.286. The van der Waals surface area contributed by atoms with Crippen LogP contribution >= 0.6 is 0 Å². The second-order valence-electron chi connectivity index (χ2n) is 6.58. The molecule has 0 amide bonds. The van der Waals surface area contributed by atoms with Crippen LogP contribution in [0.4, 0.5) is 5.69 Å². The van der Waals surface area contributed by atoms with Crippen LogP contribution in [0.2, 0.25) is 0 Å². The van der Waals surface area contributed by atoms with Gasteiger partial charge in [0, 0.05) is 12.6 Å². The first-order chi connectivity index (χ1) is 13.3. The maximum Gasteiger partial charge on any atom is 0.264 e. The van der Waals surface area contributed by atoms with Gasteiger partial charge in [0.05, 0.1) is 22.9 Å². The number of aryl methyl sites for hydroxylation is 3. The van der Waals surface area contributed by atoms with E-state index < -0.39 is 10.0 Å². The Kier molecular flexibility index (Phi) is 5.47. The van der Waals surface area contributed by atoms with Gasteiger partial charge in [-0.2, -0.15) is 0 Å². The predicted molar refractivity (Wildman–Crippen MR) is 109 cm³/mol. The van der Waals surface area contributed by atoms with Gasteiger partial charge in [0.2, 0.25) is 0 Å². The van der Waals surface area contributed by atoms with Gasteiger partial charge in [0.1, 0.15) is 11.5 Å². The molecule has 0 atom stereocenters. The van der Waals surface area contributed by atoms with Crippen molar-refractivity contribution in [3.8, 4) is 16.9 Å². The number of benzene rings is 2. The first-order valence-electron chi connectivity index (χ1n) is 9.01. The van der Waals surface area contributed by atoms with E-state index in [0.717, 1.165) is 16.8 Å². The quantitative estimate of drug-likeness (QED) is 0.609. The van der Waals surface area contributed by atoms with Gasteiger partial charge in [-0.1, -0.05) is 17.3 Å². The molecule has 1 heterocycles. The number of aromatic nitrogens is 1. The third kappa shape index (κ3) is 3.62. The van der Waals surface area contributed by atoms with Crippen molar-refractivity contribution in [2.75, 3.05) is 18.0 Å². The molecule has 0 aliphatic carbocycles. The Morgan fingerprint density at radius 1 is 1.07 bits per heavy atom. The SMILES string of the molecule is CCOc1ccc(N(C)S(=O)(=O)c2cc(-c3c(C)noc3C)ccc2C)cc1. The zero-order valence-corrected chi connectivity index (χ0v) is 17.5. The molecule has 0 fully saturated rings. The standard InChI is InChI=1S/C21H24N2O4S/c1-6-26-19-11-9-18(10-12-19)23(5)28(24,25)20-13-17(8-7-14(20)2)21-15(3)22-27-16(21)4/h7-13H,6H2,1-5H3. The minimum Gasteiger partial charge on any atom is -0.494 e. The molecule has 3 rings (SSSR count). The molecule has 0 saturated heterocycles. The van der Waals surface area contributed by atoms with Gasteiger partial charge in [-0.25, -0.2) is 8.42 Å². The highest BCUT2D eigenvalue weighted by molar-refractivity contribution is 7.92. The van der Waals surface area contributed by atoms with Gasteiger partial charge < -0.3 is 9.26 Å². The third-order valence-corrected chi connectivity index (χ3v) is 6.59. The van der Waals surface area contributed by atoms with Crippen molar-refractivity contribution in [3.05, 3.63) is 59.5 Å². The summed E-state index contributed by atoms with van der Waals surface area (Å²) < 4.78 is 38.6. The Morgan fingerprint density at radius 3 is 2.32 bits per heavy atom. The fourth-order valence-electron chi connectivity index (χ4n) is 3.13. The number of sulfonamides is 1. The molecule has 0 bridgehead atoms. The summed E-state index contributed by atoms with van der Waals surface area (Å²) >= 11 is 0. The van der Waals surface area contributed by atoms with Crippen LogP contribution in [-0.2, 0) is 10.0 Å². The lowest BCUT2D eigenvalue weighted by Crippen LogP contribution is -2.27. The Balaban J connectivity index is 2.02. The van der Waals surface area contributed by atoms with Crippen LogP contribution in [-0.4, -0.2) is 27.2 Å². The largest absolute Gasteiger partial charge is 0.494 e. The van der Waals surface area contributed by atoms with Gasteiger partial charge in [0.15, 0.2) is 0 Å². The van der Waals surface area contributed by atoms with Crippen LogP contribution in [0, 0.1) is 20.8 Å². The lowest BCUT2D eigenvalue weighted by atomic mass is 10.0. The van der Waals surface area contributed by atoms with E-state index in [9.17, 15) is 8.42 Å². The molecule has 0 aliphatic heterocycles. The molecule has 0 unspecified atom stereocenters. The first-order valence-corrected chi connectivity index (χ1v) is 10.5. The first kappa shape index (κ1) is 19.9. The van der Waals surface area contributed by atoms with E-state index in [-0.39, 0.29) is 4.90 Å². The number of anilines is 1. The topological polar surface area (TPSA) is 72.6 Å². The predicted octanol–water partition coefficient (Wildman–Crippen LogP) is 4.49. The third-order valence-electron chi connectivity index (χ3n) is 4.66.